The van der Waals surface area contributed by atoms with E-state index in [-0.39, 0.29) is 0 Å². The van der Waals surface area contributed by atoms with E-state index < -0.39 is 11.5 Å². The lowest BCUT2D eigenvalue weighted by atomic mass is 9.79. The van der Waals surface area contributed by atoms with Gasteiger partial charge in [-0.05, 0) is 46.6 Å². The fourth-order valence-electron chi connectivity index (χ4n) is 2.24. The molecule has 1 rings (SSSR count). The fourth-order valence-corrected chi connectivity index (χ4v) is 2.24. The minimum Gasteiger partial charge on any atom is -0.480 e. The number of carboxylic acids is 1. The van der Waals surface area contributed by atoms with E-state index >= 15 is 0 Å². The first-order valence-electron chi connectivity index (χ1n) is 5.61. The van der Waals surface area contributed by atoms with Crippen molar-refractivity contribution in [3.8, 4) is 0 Å². The van der Waals surface area contributed by atoms with Crippen molar-refractivity contribution in [1.82, 2.24) is 4.90 Å². The Hall–Kier alpha value is -0.610. The van der Waals surface area contributed by atoms with Crippen LogP contribution in [-0.4, -0.2) is 40.6 Å². The van der Waals surface area contributed by atoms with Crippen LogP contribution in [0.2, 0.25) is 0 Å². The van der Waals surface area contributed by atoms with Crippen molar-refractivity contribution in [2.45, 2.75) is 57.2 Å². The van der Waals surface area contributed by atoms with Crippen LogP contribution in [0.4, 0.5) is 0 Å². The Morgan fingerprint density at radius 2 is 2.20 bits per heavy atom. The third-order valence-corrected chi connectivity index (χ3v) is 3.58. The molecule has 0 aliphatic heterocycles. The molecule has 88 valence electrons. The quantitative estimate of drug-likeness (QED) is 0.737. The molecular weight excluding hydrogens is 192 g/mol. The van der Waals surface area contributed by atoms with Crippen molar-refractivity contribution in [1.29, 1.82) is 0 Å². The molecule has 2 unspecified atom stereocenters. The number of hydrogen-bond donors (Lipinski definition) is 2. The number of aliphatic carboxylic acids is 1. The molecule has 4 nitrogen and oxygen atoms in total. The van der Waals surface area contributed by atoms with E-state index in [2.05, 4.69) is 18.7 Å². The van der Waals surface area contributed by atoms with Gasteiger partial charge in [0, 0.05) is 12.1 Å². The first kappa shape index (κ1) is 12.5. The third kappa shape index (κ3) is 2.69. The molecule has 1 fully saturated rings. The average molecular weight is 214 g/mol. The zero-order valence-corrected chi connectivity index (χ0v) is 9.86. The molecule has 4 heteroatoms. The molecule has 15 heavy (non-hydrogen) atoms. The monoisotopic (exact) mass is 214 g/mol. The molecule has 0 heterocycles. The van der Waals surface area contributed by atoms with Crippen LogP contribution in [0, 0.1) is 0 Å². The molecule has 0 spiro atoms. The van der Waals surface area contributed by atoms with Gasteiger partial charge in [0.1, 0.15) is 5.54 Å². The van der Waals surface area contributed by atoms with E-state index in [0.717, 1.165) is 12.8 Å². The highest BCUT2D eigenvalue weighted by atomic mass is 16.4. The molecule has 1 saturated carbocycles. The molecule has 0 bridgehead atoms. The summed E-state index contributed by atoms with van der Waals surface area (Å²) in [4.78, 5) is 13.3. The van der Waals surface area contributed by atoms with Crippen molar-refractivity contribution in [2.75, 3.05) is 7.05 Å². The molecule has 3 N–H and O–H groups in total. The summed E-state index contributed by atoms with van der Waals surface area (Å²) in [6.07, 6.45) is 3.13. The maximum absolute atomic E-state index is 11.1. The second-order valence-corrected chi connectivity index (χ2v) is 4.97. The SMILES string of the molecule is CC(C)N(C)C1CCCC(N)(C(=O)O)C1. The number of carbonyl (C=O) groups is 1. The van der Waals surface area contributed by atoms with Gasteiger partial charge >= 0.3 is 5.97 Å². The molecule has 0 aromatic heterocycles. The topological polar surface area (TPSA) is 66.6 Å². The van der Waals surface area contributed by atoms with E-state index in [1.54, 1.807) is 0 Å². The number of rotatable bonds is 3. The van der Waals surface area contributed by atoms with E-state index in [1.807, 2.05) is 7.05 Å². The van der Waals surface area contributed by atoms with Crippen LogP contribution >= 0.6 is 0 Å². The molecule has 0 aromatic rings. The zero-order chi connectivity index (χ0) is 11.6. The minimum atomic E-state index is -1.01. The Morgan fingerprint density at radius 1 is 1.60 bits per heavy atom. The lowest BCUT2D eigenvalue weighted by Gasteiger charge is -2.40. The van der Waals surface area contributed by atoms with Gasteiger partial charge in [0.15, 0.2) is 0 Å². The normalized spacial score (nSPS) is 32.3. The highest BCUT2D eigenvalue weighted by molar-refractivity contribution is 5.78. The van der Waals surface area contributed by atoms with Gasteiger partial charge < -0.3 is 15.7 Å². The summed E-state index contributed by atoms with van der Waals surface area (Å²) in [5.74, 6) is -0.857. The lowest BCUT2D eigenvalue weighted by molar-refractivity contribution is -0.145. The second kappa shape index (κ2) is 4.49. The summed E-state index contributed by atoms with van der Waals surface area (Å²) >= 11 is 0. The highest BCUT2D eigenvalue weighted by Crippen LogP contribution is 2.29. The first-order valence-corrected chi connectivity index (χ1v) is 5.61. The van der Waals surface area contributed by atoms with Crippen molar-refractivity contribution in [2.24, 2.45) is 5.73 Å². The summed E-state index contributed by atoms with van der Waals surface area (Å²) in [5.41, 5.74) is 4.90. The number of nitrogens with zero attached hydrogens (tertiary/aromatic N) is 1. The van der Waals surface area contributed by atoms with E-state index in [9.17, 15) is 4.79 Å². The maximum atomic E-state index is 11.1. The van der Waals surface area contributed by atoms with Crippen LogP contribution < -0.4 is 5.73 Å². The Bertz CT molecular complexity index is 243. The maximum Gasteiger partial charge on any atom is 0.323 e. The summed E-state index contributed by atoms with van der Waals surface area (Å²) in [7, 11) is 2.04. The largest absolute Gasteiger partial charge is 0.480 e. The predicted molar refractivity (Wildman–Crippen MR) is 59.7 cm³/mol. The number of carboxylic acid groups (broad SMARTS) is 1. The molecule has 2 atom stereocenters. The van der Waals surface area contributed by atoms with E-state index in [1.165, 1.54) is 0 Å². The molecule has 0 aromatic carbocycles. The van der Waals surface area contributed by atoms with E-state index in [0.29, 0.717) is 24.9 Å². The molecule has 0 saturated heterocycles. The van der Waals surface area contributed by atoms with Crippen LogP contribution in [0.3, 0.4) is 0 Å². The standard InChI is InChI=1S/C11H22N2O2/c1-8(2)13(3)9-5-4-6-11(12,7-9)10(14)15/h8-9H,4-7,12H2,1-3H3,(H,14,15). The minimum absolute atomic E-state index is 0.305. The Balaban J connectivity index is 2.67. The Labute approximate surface area is 91.4 Å². The Kier molecular flexibility index (Phi) is 3.73. The summed E-state index contributed by atoms with van der Waals surface area (Å²) in [6.45, 7) is 4.24. The number of nitrogens with two attached hydrogens (primary N) is 1. The fraction of sp³-hybridized carbons (Fsp3) is 0.909. The van der Waals surface area contributed by atoms with Crippen LogP contribution in [0.15, 0.2) is 0 Å². The average Bonchev–Trinajstić information content (AvgIpc) is 2.16. The van der Waals surface area contributed by atoms with Gasteiger partial charge in [0.25, 0.3) is 0 Å². The van der Waals surface area contributed by atoms with Crippen molar-refractivity contribution >= 4 is 5.97 Å². The molecule has 1 aliphatic rings. The second-order valence-electron chi connectivity index (χ2n) is 4.97. The predicted octanol–water partition coefficient (Wildman–Crippen LogP) is 1.05. The summed E-state index contributed by atoms with van der Waals surface area (Å²) in [5, 5.41) is 9.09. The van der Waals surface area contributed by atoms with Gasteiger partial charge in [0.05, 0.1) is 0 Å². The first-order chi connectivity index (χ1) is 6.87. The molecule has 0 radical (unpaired) electrons. The summed E-state index contributed by atoms with van der Waals surface area (Å²) < 4.78 is 0. The van der Waals surface area contributed by atoms with Crippen LogP contribution in [0.1, 0.15) is 39.5 Å². The zero-order valence-electron chi connectivity index (χ0n) is 9.86. The summed E-state index contributed by atoms with van der Waals surface area (Å²) in [6, 6.07) is 0.742. The van der Waals surface area contributed by atoms with Crippen LogP contribution in [0.5, 0.6) is 0 Å². The van der Waals surface area contributed by atoms with Gasteiger partial charge in [-0.15, -0.1) is 0 Å². The van der Waals surface area contributed by atoms with Gasteiger partial charge in [-0.1, -0.05) is 0 Å². The van der Waals surface area contributed by atoms with Gasteiger partial charge in [-0.3, -0.25) is 4.79 Å². The number of hydrogen-bond acceptors (Lipinski definition) is 3. The van der Waals surface area contributed by atoms with Crippen LogP contribution in [-0.2, 0) is 4.79 Å². The Morgan fingerprint density at radius 3 is 2.67 bits per heavy atom. The molecular formula is C11H22N2O2. The van der Waals surface area contributed by atoms with Gasteiger partial charge in [-0.25, -0.2) is 0 Å². The van der Waals surface area contributed by atoms with E-state index in [4.69, 9.17) is 10.8 Å². The highest BCUT2D eigenvalue weighted by Gasteiger charge is 2.40. The van der Waals surface area contributed by atoms with Crippen molar-refractivity contribution in [3.63, 3.8) is 0 Å². The van der Waals surface area contributed by atoms with Gasteiger partial charge in [-0.2, -0.15) is 0 Å². The molecule has 0 amide bonds. The third-order valence-electron chi connectivity index (χ3n) is 3.58. The smallest absolute Gasteiger partial charge is 0.323 e. The van der Waals surface area contributed by atoms with Crippen molar-refractivity contribution < 1.29 is 9.90 Å². The lowest BCUT2D eigenvalue weighted by Crippen LogP contribution is -2.55. The van der Waals surface area contributed by atoms with Crippen LogP contribution in [0.25, 0.3) is 0 Å². The molecule has 1 aliphatic carbocycles. The van der Waals surface area contributed by atoms with Gasteiger partial charge in [0.2, 0.25) is 0 Å². The van der Waals surface area contributed by atoms with Crippen molar-refractivity contribution in [3.05, 3.63) is 0 Å².